The summed E-state index contributed by atoms with van der Waals surface area (Å²) in [5.41, 5.74) is 5.72. The van der Waals surface area contributed by atoms with Crippen LogP contribution in [0.2, 0.25) is 0 Å². The number of allylic oxidation sites excluding steroid dienone is 4. The number of rotatable bonds is 0. The predicted molar refractivity (Wildman–Crippen MR) is 75.6 cm³/mol. The summed E-state index contributed by atoms with van der Waals surface area (Å²) in [7, 11) is 0. The molecule has 0 spiro atoms. The van der Waals surface area contributed by atoms with Crippen molar-refractivity contribution in [2.24, 2.45) is 0 Å². The van der Waals surface area contributed by atoms with Gasteiger partial charge in [-0.2, -0.15) is 0 Å². The van der Waals surface area contributed by atoms with E-state index < -0.39 is 0 Å². The third-order valence-corrected chi connectivity index (χ3v) is 4.06. The molecule has 2 aliphatic carbocycles. The quantitative estimate of drug-likeness (QED) is 0.617. The molecule has 0 amide bonds. The van der Waals surface area contributed by atoms with E-state index >= 15 is 0 Å². The first kappa shape index (κ1) is 9.90. The minimum Gasteiger partial charge on any atom is -0.0761 e. The lowest BCUT2D eigenvalue weighted by Gasteiger charge is -2.33. The second kappa shape index (κ2) is 3.71. The highest BCUT2D eigenvalue weighted by atomic mass is 14.3. The molecule has 0 radical (unpaired) electrons. The highest BCUT2D eigenvalue weighted by Crippen LogP contribution is 2.48. The molecule has 0 saturated heterocycles. The third kappa shape index (κ3) is 1.26. The van der Waals surface area contributed by atoms with Crippen molar-refractivity contribution in [1.82, 2.24) is 0 Å². The summed E-state index contributed by atoms with van der Waals surface area (Å²) in [5, 5.41) is 0. The average Bonchev–Trinajstić information content (AvgIpc) is 2.48. The fraction of sp³-hybridized carbons (Fsp3) is 0.111. The Hall–Kier alpha value is -2.08. The van der Waals surface area contributed by atoms with Crippen LogP contribution in [0.5, 0.6) is 0 Å². The van der Waals surface area contributed by atoms with Crippen LogP contribution in [0, 0.1) is 0 Å². The SMILES string of the molecule is C1=CC2c3ccccc3-c3ccccc3C2C=C1. The molecule has 0 nitrogen and oxygen atoms in total. The standard InChI is InChI=1S/C18H14/c1-2-8-14-13(7-1)15-9-3-4-11-17(15)18-12-6-5-10-16(14)18/h1-14H. The molecule has 0 heterocycles. The van der Waals surface area contributed by atoms with Gasteiger partial charge in [0.25, 0.3) is 0 Å². The van der Waals surface area contributed by atoms with Crippen molar-refractivity contribution in [2.75, 3.05) is 0 Å². The molecule has 0 saturated carbocycles. The van der Waals surface area contributed by atoms with Crippen LogP contribution in [-0.4, -0.2) is 0 Å². The fourth-order valence-electron chi connectivity index (χ4n) is 3.27. The molecule has 2 unspecified atom stereocenters. The molecule has 0 heteroatoms. The van der Waals surface area contributed by atoms with Gasteiger partial charge in [0.1, 0.15) is 0 Å². The van der Waals surface area contributed by atoms with Gasteiger partial charge in [-0.25, -0.2) is 0 Å². The van der Waals surface area contributed by atoms with E-state index in [4.69, 9.17) is 0 Å². The average molecular weight is 230 g/mol. The zero-order valence-corrected chi connectivity index (χ0v) is 10.1. The summed E-state index contributed by atoms with van der Waals surface area (Å²) in [6, 6.07) is 17.6. The lowest BCUT2D eigenvalue weighted by atomic mass is 9.70. The van der Waals surface area contributed by atoms with Crippen molar-refractivity contribution in [3.8, 4) is 11.1 Å². The van der Waals surface area contributed by atoms with Gasteiger partial charge in [0, 0.05) is 11.8 Å². The summed E-state index contributed by atoms with van der Waals surface area (Å²) >= 11 is 0. The minimum atomic E-state index is 0.501. The van der Waals surface area contributed by atoms with Crippen LogP contribution in [-0.2, 0) is 0 Å². The Balaban J connectivity index is 2.06. The molecule has 0 bridgehead atoms. The van der Waals surface area contributed by atoms with Gasteiger partial charge in [-0.1, -0.05) is 72.8 Å². The van der Waals surface area contributed by atoms with Crippen molar-refractivity contribution in [1.29, 1.82) is 0 Å². The molecule has 4 rings (SSSR count). The topological polar surface area (TPSA) is 0 Å². The van der Waals surface area contributed by atoms with Gasteiger partial charge < -0.3 is 0 Å². The van der Waals surface area contributed by atoms with Crippen molar-refractivity contribution in [3.05, 3.63) is 84.0 Å². The second-order valence-corrected chi connectivity index (χ2v) is 5.00. The van der Waals surface area contributed by atoms with E-state index in [-0.39, 0.29) is 0 Å². The Morgan fingerprint density at radius 2 is 1.00 bits per heavy atom. The van der Waals surface area contributed by atoms with Crippen LogP contribution in [0.25, 0.3) is 11.1 Å². The van der Waals surface area contributed by atoms with E-state index in [0.29, 0.717) is 11.8 Å². The molecule has 0 aliphatic heterocycles. The molecule has 2 aromatic rings. The van der Waals surface area contributed by atoms with Crippen LogP contribution >= 0.6 is 0 Å². The largest absolute Gasteiger partial charge is 0.0761 e. The van der Waals surface area contributed by atoms with E-state index in [0.717, 1.165) is 0 Å². The van der Waals surface area contributed by atoms with Crippen LogP contribution in [0.3, 0.4) is 0 Å². The molecular formula is C18H14. The molecule has 18 heavy (non-hydrogen) atoms. The minimum absolute atomic E-state index is 0.501. The van der Waals surface area contributed by atoms with E-state index in [1.807, 2.05) is 0 Å². The Morgan fingerprint density at radius 1 is 0.556 bits per heavy atom. The molecular weight excluding hydrogens is 216 g/mol. The van der Waals surface area contributed by atoms with Crippen molar-refractivity contribution in [2.45, 2.75) is 11.8 Å². The van der Waals surface area contributed by atoms with Gasteiger partial charge in [-0.15, -0.1) is 0 Å². The summed E-state index contributed by atoms with van der Waals surface area (Å²) < 4.78 is 0. The molecule has 0 aromatic heterocycles. The van der Waals surface area contributed by atoms with Gasteiger partial charge in [0.15, 0.2) is 0 Å². The number of hydrogen-bond acceptors (Lipinski definition) is 0. The van der Waals surface area contributed by atoms with Crippen LogP contribution in [0.15, 0.2) is 72.8 Å². The van der Waals surface area contributed by atoms with Crippen LogP contribution < -0.4 is 0 Å². The maximum absolute atomic E-state index is 2.33. The molecule has 2 aromatic carbocycles. The van der Waals surface area contributed by atoms with Gasteiger partial charge in [0.05, 0.1) is 0 Å². The fourth-order valence-corrected chi connectivity index (χ4v) is 3.27. The zero-order valence-electron chi connectivity index (χ0n) is 10.1. The maximum atomic E-state index is 2.33. The van der Waals surface area contributed by atoms with Crippen molar-refractivity contribution < 1.29 is 0 Å². The van der Waals surface area contributed by atoms with Gasteiger partial charge >= 0.3 is 0 Å². The summed E-state index contributed by atoms with van der Waals surface area (Å²) in [6.45, 7) is 0. The smallest absolute Gasteiger partial charge is 0.0131 e. The molecule has 2 aliphatic rings. The van der Waals surface area contributed by atoms with Gasteiger partial charge in [-0.05, 0) is 22.3 Å². The zero-order chi connectivity index (χ0) is 11.9. The Labute approximate surface area is 107 Å². The first-order valence-electron chi connectivity index (χ1n) is 6.48. The lowest BCUT2D eigenvalue weighted by Crippen LogP contribution is -2.16. The normalized spacial score (nSPS) is 23.1. The highest BCUT2D eigenvalue weighted by Gasteiger charge is 2.30. The maximum Gasteiger partial charge on any atom is 0.0131 e. The number of benzene rings is 2. The Kier molecular flexibility index (Phi) is 2.04. The van der Waals surface area contributed by atoms with Crippen molar-refractivity contribution >= 4 is 0 Å². The first-order chi connectivity index (χ1) is 8.95. The molecule has 0 N–H and O–H groups in total. The second-order valence-electron chi connectivity index (χ2n) is 5.00. The monoisotopic (exact) mass is 230 g/mol. The highest BCUT2D eigenvalue weighted by molar-refractivity contribution is 5.76. The number of hydrogen-bond donors (Lipinski definition) is 0. The summed E-state index contributed by atoms with van der Waals surface area (Å²) in [4.78, 5) is 0. The summed E-state index contributed by atoms with van der Waals surface area (Å²) in [5.74, 6) is 1.00. The lowest BCUT2D eigenvalue weighted by molar-refractivity contribution is 0.720. The van der Waals surface area contributed by atoms with E-state index in [1.165, 1.54) is 22.3 Å². The van der Waals surface area contributed by atoms with Crippen LogP contribution in [0.1, 0.15) is 23.0 Å². The molecule has 2 atom stereocenters. The van der Waals surface area contributed by atoms with E-state index in [9.17, 15) is 0 Å². The van der Waals surface area contributed by atoms with Gasteiger partial charge in [-0.3, -0.25) is 0 Å². The van der Waals surface area contributed by atoms with Gasteiger partial charge in [0.2, 0.25) is 0 Å². The third-order valence-electron chi connectivity index (χ3n) is 4.06. The summed E-state index contributed by atoms with van der Waals surface area (Å²) in [6.07, 6.45) is 9.01. The van der Waals surface area contributed by atoms with E-state index in [1.54, 1.807) is 0 Å². The molecule has 86 valence electrons. The van der Waals surface area contributed by atoms with Crippen molar-refractivity contribution in [3.63, 3.8) is 0 Å². The molecule has 0 fully saturated rings. The Bertz CT molecular complexity index is 602. The Morgan fingerprint density at radius 3 is 1.50 bits per heavy atom. The number of fused-ring (bicyclic) bond motifs is 6. The first-order valence-corrected chi connectivity index (χ1v) is 6.48. The van der Waals surface area contributed by atoms with E-state index in [2.05, 4.69) is 72.8 Å². The van der Waals surface area contributed by atoms with Crippen LogP contribution in [0.4, 0.5) is 0 Å². The predicted octanol–water partition coefficient (Wildman–Crippen LogP) is 4.66.